The maximum atomic E-state index is 12.5. The molecular weight excluding hydrogens is 362 g/mol. The average Bonchev–Trinajstić information content (AvgIpc) is 3.07. The number of nitrogens with zero attached hydrogens (tertiary/aromatic N) is 1. The van der Waals surface area contributed by atoms with Crippen molar-refractivity contribution in [3.63, 3.8) is 0 Å². The van der Waals surface area contributed by atoms with Gasteiger partial charge in [-0.3, -0.25) is 4.79 Å². The Hall–Kier alpha value is -3.06. The maximum absolute atomic E-state index is 12.5. The summed E-state index contributed by atoms with van der Waals surface area (Å²) in [6.07, 6.45) is 0. The van der Waals surface area contributed by atoms with E-state index in [1.807, 2.05) is 55.5 Å². The van der Waals surface area contributed by atoms with Gasteiger partial charge < -0.3 is 20.1 Å². The fraction of sp³-hybridized carbons (Fsp3) is 0.200. The normalized spacial score (nSPS) is 10.3. The van der Waals surface area contributed by atoms with E-state index in [-0.39, 0.29) is 5.91 Å². The van der Waals surface area contributed by atoms with Crippen LogP contribution in [0.5, 0.6) is 11.5 Å². The number of carbonyl (C=O) groups excluding carboxylic acids is 1. The van der Waals surface area contributed by atoms with Crippen molar-refractivity contribution in [2.45, 2.75) is 13.5 Å². The van der Waals surface area contributed by atoms with E-state index in [1.165, 1.54) is 11.3 Å². The highest BCUT2D eigenvalue weighted by atomic mass is 32.1. The molecule has 0 fully saturated rings. The van der Waals surface area contributed by atoms with Gasteiger partial charge in [0.25, 0.3) is 5.91 Å². The van der Waals surface area contributed by atoms with Crippen LogP contribution in [0.3, 0.4) is 0 Å². The molecule has 2 N–H and O–H groups in total. The van der Waals surface area contributed by atoms with E-state index in [0.29, 0.717) is 22.2 Å². The first kappa shape index (κ1) is 18.7. The standard InChI is InChI=1S/C20H21N3O3S/c1-13-18(19(24)21-12-14-8-10-15(25-2)11-9-14)27-20(22-13)23-16-6-4-5-7-17(16)26-3/h4-11H,12H2,1-3H3,(H,21,24)(H,22,23). The summed E-state index contributed by atoms with van der Waals surface area (Å²) in [5.41, 5.74) is 2.49. The minimum Gasteiger partial charge on any atom is -0.497 e. The number of methoxy groups -OCH3 is 2. The minimum absolute atomic E-state index is 0.145. The molecule has 27 heavy (non-hydrogen) atoms. The molecule has 140 valence electrons. The number of hydrogen-bond acceptors (Lipinski definition) is 6. The van der Waals surface area contributed by atoms with Crippen molar-refractivity contribution in [3.05, 3.63) is 64.7 Å². The van der Waals surface area contributed by atoms with Gasteiger partial charge in [-0.25, -0.2) is 4.98 Å². The first-order valence-corrected chi connectivity index (χ1v) is 9.21. The van der Waals surface area contributed by atoms with Crippen LogP contribution in [0.2, 0.25) is 0 Å². The summed E-state index contributed by atoms with van der Waals surface area (Å²) in [6, 6.07) is 15.2. The van der Waals surface area contributed by atoms with Crippen molar-refractivity contribution >= 4 is 28.1 Å². The van der Waals surface area contributed by atoms with Crippen LogP contribution < -0.4 is 20.1 Å². The Morgan fingerprint density at radius 1 is 1.07 bits per heavy atom. The molecule has 0 saturated carbocycles. The summed E-state index contributed by atoms with van der Waals surface area (Å²) in [5, 5.41) is 6.79. The van der Waals surface area contributed by atoms with E-state index in [4.69, 9.17) is 9.47 Å². The number of rotatable bonds is 7. The SMILES string of the molecule is COc1ccc(CNC(=O)c2sc(Nc3ccccc3OC)nc2C)cc1. The van der Waals surface area contributed by atoms with Gasteiger partial charge in [-0.2, -0.15) is 0 Å². The van der Waals surface area contributed by atoms with E-state index in [9.17, 15) is 4.79 Å². The summed E-state index contributed by atoms with van der Waals surface area (Å²) >= 11 is 1.31. The second-order valence-corrected chi connectivity index (χ2v) is 6.79. The molecular formula is C20H21N3O3S. The molecule has 0 bridgehead atoms. The first-order valence-electron chi connectivity index (χ1n) is 8.39. The van der Waals surface area contributed by atoms with Crippen molar-refractivity contribution in [1.29, 1.82) is 0 Å². The van der Waals surface area contributed by atoms with Gasteiger partial charge >= 0.3 is 0 Å². The van der Waals surface area contributed by atoms with Gasteiger partial charge in [0.05, 0.1) is 25.6 Å². The summed E-state index contributed by atoms with van der Waals surface area (Å²) in [7, 11) is 3.24. The Bertz CT molecular complexity index is 922. The van der Waals surface area contributed by atoms with Crippen LogP contribution in [0, 0.1) is 6.92 Å². The molecule has 0 aliphatic carbocycles. The zero-order chi connectivity index (χ0) is 19.2. The van der Waals surface area contributed by atoms with Crippen LogP contribution in [0.15, 0.2) is 48.5 Å². The molecule has 1 aromatic heterocycles. The molecule has 6 nitrogen and oxygen atoms in total. The lowest BCUT2D eigenvalue weighted by atomic mass is 10.2. The second-order valence-electron chi connectivity index (χ2n) is 5.79. The Labute approximate surface area is 162 Å². The molecule has 7 heteroatoms. The van der Waals surface area contributed by atoms with Crippen LogP contribution in [0.1, 0.15) is 20.9 Å². The number of thiazole rings is 1. The summed E-state index contributed by atoms with van der Waals surface area (Å²) < 4.78 is 10.5. The monoisotopic (exact) mass is 383 g/mol. The highest BCUT2D eigenvalue weighted by Crippen LogP contribution is 2.30. The first-order chi connectivity index (χ1) is 13.1. The van der Waals surface area contributed by atoms with Gasteiger partial charge in [-0.15, -0.1) is 0 Å². The van der Waals surface area contributed by atoms with Crippen molar-refractivity contribution < 1.29 is 14.3 Å². The van der Waals surface area contributed by atoms with E-state index >= 15 is 0 Å². The number of aromatic nitrogens is 1. The van der Waals surface area contributed by atoms with E-state index < -0.39 is 0 Å². The average molecular weight is 383 g/mol. The maximum Gasteiger partial charge on any atom is 0.263 e. The number of para-hydroxylation sites is 2. The van der Waals surface area contributed by atoms with E-state index in [0.717, 1.165) is 22.7 Å². The topological polar surface area (TPSA) is 72.5 Å². The molecule has 3 rings (SSSR count). The molecule has 0 saturated heterocycles. The fourth-order valence-electron chi connectivity index (χ4n) is 2.53. The third kappa shape index (κ3) is 4.57. The number of ether oxygens (including phenoxy) is 2. The third-order valence-corrected chi connectivity index (χ3v) is 5.04. The Balaban J connectivity index is 1.67. The number of hydrogen-bond donors (Lipinski definition) is 2. The molecule has 0 radical (unpaired) electrons. The summed E-state index contributed by atoms with van der Waals surface area (Å²) in [4.78, 5) is 17.6. The quantitative estimate of drug-likeness (QED) is 0.641. The van der Waals surface area contributed by atoms with Gasteiger partial charge in [0.15, 0.2) is 5.13 Å². The molecule has 0 atom stereocenters. The molecule has 0 spiro atoms. The molecule has 0 aliphatic rings. The van der Waals surface area contributed by atoms with Crippen LogP contribution in [0.4, 0.5) is 10.8 Å². The Morgan fingerprint density at radius 2 is 1.81 bits per heavy atom. The molecule has 0 aliphatic heterocycles. The number of carbonyl (C=O) groups is 1. The zero-order valence-corrected chi connectivity index (χ0v) is 16.2. The van der Waals surface area contributed by atoms with Crippen LogP contribution in [-0.2, 0) is 6.54 Å². The molecule has 0 unspecified atom stereocenters. The predicted molar refractivity (Wildman–Crippen MR) is 107 cm³/mol. The number of nitrogens with one attached hydrogen (secondary N) is 2. The number of aryl methyl sites for hydroxylation is 1. The predicted octanol–water partition coefficient (Wildman–Crippen LogP) is 4.14. The largest absolute Gasteiger partial charge is 0.497 e. The van der Waals surface area contributed by atoms with Gasteiger partial charge in [0.1, 0.15) is 16.4 Å². The van der Waals surface area contributed by atoms with Crippen LogP contribution in [-0.4, -0.2) is 25.1 Å². The molecule has 1 heterocycles. The van der Waals surface area contributed by atoms with Crippen LogP contribution in [0.25, 0.3) is 0 Å². The van der Waals surface area contributed by atoms with Crippen molar-refractivity contribution in [3.8, 4) is 11.5 Å². The second kappa shape index (κ2) is 8.55. The lowest BCUT2D eigenvalue weighted by Crippen LogP contribution is -2.22. The van der Waals surface area contributed by atoms with Crippen LogP contribution >= 0.6 is 11.3 Å². The number of benzene rings is 2. The van der Waals surface area contributed by atoms with Gasteiger partial charge in [-0.05, 0) is 36.8 Å². The van der Waals surface area contributed by atoms with Gasteiger partial charge in [-0.1, -0.05) is 35.6 Å². The Morgan fingerprint density at radius 3 is 2.52 bits per heavy atom. The lowest BCUT2D eigenvalue weighted by Gasteiger charge is -2.08. The smallest absolute Gasteiger partial charge is 0.263 e. The number of amides is 1. The minimum atomic E-state index is -0.145. The highest BCUT2D eigenvalue weighted by Gasteiger charge is 2.16. The Kier molecular flexibility index (Phi) is 5.93. The van der Waals surface area contributed by atoms with Crippen molar-refractivity contribution in [1.82, 2.24) is 10.3 Å². The zero-order valence-electron chi connectivity index (χ0n) is 15.4. The summed E-state index contributed by atoms with van der Waals surface area (Å²) in [6.45, 7) is 2.27. The van der Waals surface area contributed by atoms with Crippen molar-refractivity contribution in [2.75, 3.05) is 19.5 Å². The van der Waals surface area contributed by atoms with Gasteiger partial charge in [0.2, 0.25) is 0 Å². The summed E-state index contributed by atoms with van der Waals surface area (Å²) in [5.74, 6) is 1.36. The lowest BCUT2D eigenvalue weighted by molar-refractivity contribution is 0.0954. The molecule has 1 amide bonds. The number of anilines is 2. The molecule has 2 aromatic carbocycles. The van der Waals surface area contributed by atoms with Crippen molar-refractivity contribution in [2.24, 2.45) is 0 Å². The molecule has 3 aromatic rings. The third-order valence-electron chi connectivity index (χ3n) is 3.96. The fourth-order valence-corrected chi connectivity index (χ4v) is 3.42. The van der Waals surface area contributed by atoms with E-state index in [1.54, 1.807) is 14.2 Å². The van der Waals surface area contributed by atoms with E-state index in [2.05, 4.69) is 15.6 Å². The van der Waals surface area contributed by atoms with Gasteiger partial charge in [0, 0.05) is 6.54 Å². The highest BCUT2D eigenvalue weighted by molar-refractivity contribution is 7.17.